The van der Waals surface area contributed by atoms with Crippen molar-refractivity contribution >= 4 is 5.82 Å². The van der Waals surface area contributed by atoms with Gasteiger partial charge in [-0.15, -0.1) is 0 Å². The molecule has 2 saturated carbocycles. The van der Waals surface area contributed by atoms with Crippen molar-refractivity contribution in [3.8, 4) is 11.1 Å². The molecule has 2 aliphatic carbocycles. The van der Waals surface area contributed by atoms with E-state index in [0.717, 1.165) is 35.9 Å². The summed E-state index contributed by atoms with van der Waals surface area (Å²) in [4.78, 5) is 8.76. The van der Waals surface area contributed by atoms with Crippen molar-refractivity contribution < 1.29 is 13.2 Å². The summed E-state index contributed by atoms with van der Waals surface area (Å²) in [6.07, 6.45) is 2.36. The summed E-state index contributed by atoms with van der Waals surface area (Å²) in [5.41, 5.74) is 0.799. The van der Waals surface area contributed by atoms with Gasteiger partial charge >= 0.3 is 6.18 Å². The summed E-state index contributed by atoms with van der Waals surface area (Å²) in [6, 6.07) is 5.60. The molecule has 0 spiro atoms. The lowest BCUT2D eigenvalue weighted by atomic mass is 9.95. The number of halogens is 3. The van der Waals surface area contributed by atoms with Crippen LogP contribution in [0.5, 0.6) is 0 Å². The number of anilines is 1. The Balaban J connectivity index is 1.63. The molecule has 4 rings (SSSR count). The minimum Gasteiger partial charge on any atom is -0.366 e. The number of hydrogen-bond acceptors (Lipinski definition) is 3. The molecule has 0 aliphatic heterocycles. The van der Waals surface area contributed by atoms with Crippen LogP contribution in [0.25, 0.3) is 11.1 Å². The van der Waals surface area contributed by atoms with Gasteiger partial charge in [-0.2, -0.15) is 13.2 Å². The number of hydrogen-bond donors (Lipinski definition) is 1. The second kappa shape index (κ2) is 6.00. The predicted octanol–water partition coefficient (Wildman–Crippen LogP) is 5.07. The molecule has 1 unspecified atom stereocenters. The van der Waals surface area contributed by atoms with Crippen molar-refractivity contribution in [3.63, 3.8) is 0 Å². The Morgan fingerprint density at radius 2 is 1.84 bits per heavy atom. The fourth-order valence-corrected chi connectivity index (χ4v) is 4.23. The molecule has 25 heavy (non-hydrogen) atoms. The third-order valence-corrected chi connectivity index (χ3v) is 5.49. The molecule has 2 bridgehead atoms. The first-order valence-corrected chi connectivity index (χ1v) is 8.68. The van der Waals surface area contributed by atoms with Crippen molar-refractivity contribution in [2.45, 2.75) is 44.8 Å². The third-order valence-electron chi connectivity index (χ3n) is 5.49. The van der Waals surface area contributed by atoms with Crippen LogP contribution in [-0.4, -0.2) is 16.0 Å². The molecular weight excluding hydrogens is 327 g/mol. The normalized spacial score (nSPS) is 25.4. The van der Waals surface area contributed by atoms with Crippen molar-refractivity contribution in [1.82, 2.24) is 9.97 Å². The fourth-order valence-electron chi connectivity index (χ4n) is 4.23. The van der Waals surface area contributed by atoms with Gasteiger partial charge in [0, 0.05) is 17.8 Å². The average Bonchev–Trinajstić information content (AvgIpc) is 3.17. The Hall–Kier alpha value is -2.11. The monoisotopic (exact) mass is 347 g/mol. The van der Waals surface area contributed by atoms with E-state index in [9.17, 15) is 13.2 Å². The Bertz CT molecular complexity index is 770. The van der Waals surface area contributed by atoms with Crippen molar-refractivity contribution in [2.24, 2.45) is 11.8 Å². The molecule has 1 N–H and O–H groups in total. The molecule has 1 aromatic heterocycles. The molecule has 3 nitrogen and oxygen atoms in total. The highest BCUT2D eigenvalue weighted by atomic mass is 19.4. The van der Waals surface area contributed by atoms with Crippen LogP contribution in [0.2, 0.25) is 0 Å². The maximum Gasteiger partial charge on any atom is 0.416 e. The number of benzene rings is 1. The van der Waals surface area contributed by atoms with Crippen molar-refractivity contribution in [3.05, 3.63) is 41.9 Å². The SMILES string of the molecule is Cc1ncc(-c2ccc(C(F)(F)F)cc2)c(N[C@@H]2CC3CC[C@@H]2C3)n1. The van der Waals surface area contributed by atoms with Crippen LogP contribution >= 0.6 is 0 Å². The smallest absolute Gasteiger partial charge is 0.366 e. The van der Waals surface area contributed by atoms with E-state index < -0.39 is 11.7 Å². The zero-order valence-electron chi connectivity index (χ0n) is 14.0. The van der Waals surface area contributed by atoms with Crippen LogP contribution in [-0.2, 0) is 6.18 Å². The molecule has 0 amide bonds. The van der Waals surface area contributed by atoms with Crippen molar-refractivity contribution in [1.29, 1.82) is 0 Å². The zero-order valence-corrected chi connectivity index (χ0v) is 14.0. The number of rotatable bonds is 3. The number of aromatic nitrogens is 2. The summed E-state index contributed by atoms with van der Waals surface area (Å²) in [5.74, 6) is 2.87. The zero-order chi connectivity index (χ0) is 17.6. The standard InChI is InChI=1S/C19H20F3N3/c1-11-23-10-16(13-4-6-15(7-5-13)19(20,21)22)18(24-11)25-17-9-12-2-3-14(17)8-12/h4-7,10,12,14,17H,2-3,8-9H2,1H3,(H,23,24,25)/t12?,14-,17-/m1/s1. The molecule has 2 aliphatic rings. The molecular formula is C19H20F3N3. The lowest BCUT2D eigenvalue weighted by molar-refractivity contribution is -0.137. The second-order valence-corrected chi connectivity index (χ2v) is 7.18. The third kappa shape index (κ3) is 3.22. The van der Waals surface area contributed by atoms with Crippen LogP contribution in [0.4, 0.5) is 19.0 Å². The average molecular weight is 347 g/mol. The highest BCUT2D eigenvalue weighted by Crippen LogP contribution is 2.46. The first-order valence-electron chi connectivity index (χ1n) is 8.68. The van der Waals surface area contributed by atoms with Gasteiger partial charge in [0.15, 0.2) is 0 Å². The molecule has 132 valence electrons. The van der Waals surface area contributed by atoms with Gasteiger partial charge in [-0.25, -0.2) is 9.97 Å². The number of fused-ring (bicyclic) bond motifs is 2. The second-order valence-electron chi connectivity index (χ2n) is 7.18. The molecule has 1 aromatic carbocycles. The summed E-state index contributed by atoms with van der Waals surface area (Å²) in [5, 5.41) is 3.55. The van der Waals surface area contributed by atoms with Crippen LogP contribution < -0.4 is 5.32 Å². The predicted molar refractivity (Wildman–Crippen MR) is 90.1 cm³/mol. The Morgan fingerprint density at radius 1 is 1.08 bits per heavy atom. The summed E-state index contributed by atoms with van der Waals surface area (Å²) < 4.78 is 38.3. The summed E-state index contributed by atoms with van der Waals surface area (Å²) in [7, 11) is 0. The quantitative estimate of drug-likeness (QED) is 0.842. The first-order chi connectivity index (χ1) is 11.9. The maximum atomic E-state index is 12.8. The maximum absolute atomic E-state index is 12.8. The molecule has 6 heteroatoms. The minimum atomic E-state index is -4.33. The van der Waals surface area contributed by atoms with Gasteiger partial charge in [0.05, 0.1) is 5.56 Å². The Morgan fingerprint density at radius 3 is 2.44 bits per heavy atom. The summed E-state index contributed by atoms with van der Waals surface area (Å²) >= 11 is 0. The van der Waals surface area contributed by atoms with Crippen LogP contribution in [0.1, 0.15) is 37.1 Å². The van der Waals surface area contributed by atoms with Crippen molar-refractivity contribution in [2.75, 3.05) is 5.32 Å². The van der Waals surface area contributed by atoms with Gasteiger partial charge in [0.25, 0.3) is 0 Å². The molecule has 1 heterocycles. The van der Waals surface area contributed by atoms with E-state index in [4.69, 9.17) is 0 Å². The minimum absolute atomic E-state index is 0.404. The molecule has 0 saturated heterocycles. The fraction of sp³-hybridized carbons (Fsp3) is 0.474. The van der Waals surface area contributed by atoms with Crippen LogP contribution in [0.15, 0.2) is 30.5 Å². The molecule has 3 atom stereocenters. The largest absolute Gasteiger partial charge is 0.416 e. The molecule has 2 fully saturated rings. The van der Waals surface area contributed by atoms with Crippen LogP contribution in [0, 0.1) is 18.8 Å². The lowest BCUT2D eigenvalue weighted by Gasteiger charge is -2.24. The van der Waals surface area contributed by atoms with E-state index in [0.29, 0.717) is 23.3 Å². The van der Waals surface area contributed by atoms with E-state index in [-0.39, 0.29) is 0 Å². The number of nitrogens with one attached hydrogen (secondary N) is 1. The van der Waals surface area contributed by atoms with Gasteiger partial charge in [-0.3, -0.25) is 0 Å². The first kappa shape index (κ1) is 16.4. The highest BCUT2D eigenvalue weighted by Gasteiger charge is 2.39. The van der Waals surface area contributed by atoms with E-state index in [1.165, 1.54) is 31.4 Å². The van der Waals surface area contributed by atoms with E-state index in [2.05, 4.69) is 15.3 Å². The highest BCUT2D eigenvalue weighted by molar-refractivity contribution is 5.74. The van der Waals surface area contributed by atoms with E-state index >= 15 is 0 Å². The molecule has 0 radical (unpaired) electrons. The van der Waals surface area contributed by atoms with Gasteiger partial charge in [-0.05, 0) is 55.7 Å². The van der Waals surface area contributed by atoms with E-state index in [1.54, 1.807) is 6.20 Å². The van der Waals surface area contributed by atoms with Gasteiger partial charge in [0.2, 0.25) is 0 Å². The topological polar surface area (TPSA) is 37.8 Å². The van der Waals surface area contributed by atoms with Gasteiger partial charge < -0.3 is 5.32 Å². The van der Waals surface area contributed by atoms with Gasteiger partial charge in [0.1, 0.15) is 11.6 Å². The number of nitrogens with zero attached hydrogens (tertiary/aromatic N) is 2. The lowest BCUT2D eigenvalue weighted by Crippen LogP contribution is -2.26. The van der Waals surface area contributed by atoms with Gasteiger partial charge in [-0.1, -0.05) is 18.6 Å². The van der Waals surface area contributed by atoms with E-state index in [1.807, 2.05) is 6.92 Å². The molecule has 2 aromatic rings. The van der Waals surface area contributed by atoms with Crippen LogP contribution in [0.3, 0.4) is 0 Å². The Labute approximate surface area is 144 Å². The number of alkyl halides is 3. The summed E-state index contributed by atoms with van der Waals surface area (Å²) in [6.45, 7) is 1.82. The Kier molecular flexibility index (Phi) is 3.93. The number of aryl methyl sites for hydroxylation is 1.